The summed E-state index contributed by atoms with van der Waals surface area (Å²) in [6, 6.07) is 9.71. The Hall–Kier alpha value is -2.33. The number of para-hydroxylation sites is 1. The third-order valence-electron chi connectivity index (χ3n) is 5.45. The van der Waals surface area contributed by atoms with Gasteiger partial charge in [-0.25, -0.2) is 0 Å². The van der Waals surface area contributed by atoms with Crippen molar-refractivity contribution in [1.82, 2.24) is 20.4 Å². The molecule has 1 aromatic carbocycles. The third kappa shape index (κ3) is 6.33. The number of thioether (sulfide) groups is 1. The number of carbonyl (C=O) groups is 2. The minimum absolute atomic E-state index is 0.00899. The molecule has 1 saturated heterocycles. The first kappa shape index (κ1) is 21.9. The molecule has 10 heteroatoms. The molecular formula is C21H27N5O3S2. The molecular weight excluding hydrogens is 434 g/mol. The lowest BCUT2D eigenvalue weighted by atomic mass is 10.2. The number of ether oxygens (including phenoxy) is 1. The summed E-state index contributed by atoms with van der Waals surface area (Å²) in [6.07, 6.45) is 4.59. The van der Waals surface area contributed by atoms with E-state index in [9.17, 15) is 9.59 Å². The monoisotopic (exact) mass is 461 g/mol. The molecule has 0 radical (unpaired) electrons. The zero-order valence-electron chi connectivity index (χ0n) is 17.4. The highest BCUT2D eigenvalue weighted by atomic mass is 32.2. The molecule has 0 bridgehead atoms. The third-order valence-corrected chi connectivity index (χ3v) is 7.57. The van der Waals surface area contributed by atoms with Gasteiger partial charge in [0.2, 0.25) is 11.0 Å². The van der Waals surface area contributed by atoms with Gasteiger partial charge in [-0.3, -0.25) is 9.59 Å². The number of hydrogen-bond donors (Lipinski definition) is 1. The van der Waals surface area contributed by atoms with Gasteiger partial charge in [0.05, 0.1) is 5.75 Å². The first-order valence-corrected chi connectivity index (χ1v) is 12.4. The van der Waals surface area contributed by atoms with Crippen molar-refractivity contribution in [1.29, 1.82) is 0 Å². The average Bonchev–Trinajstić information content (AvgIpc) is 3.49. The van der Waals surface area contributed by atoms with Crippen molar-refractivity contribution in [3.05, 3.63) is 30.3 Å². The Labute approximate surface area is 190 Å². The first-order valence-electron chi connectivity index (χ1n) is 10.6. The second-order valence-corrected chi connectivity index (χ2v) is 9.84. The normalized spacial score (nSPS) is 17.0. The van der Waals surface area contributed by atoms with E-state index in [1.807, 2.05) is 35.2 Å². The number of aromatic nitrogens is 2. The number of anilines is 1. The fourth-order valence-corrected chi connectivity index (χ4v) is 5.46. The summed E-state index contributed by atoms with van der Waals surface area (Å²) in [5.41, 5.74) is 0. The van der Waals surface area contributed by atoms with E-state index in [1.54, 1.807) is 0 Å². The molecule has 2 heterocycles. The summed E-state index contributed by atoms with van der Waals surface area (Å²) in [6.45, 7) is 2.72. The lowest BCUT2D eigenvalue weighted by Gasteiger charge is -2.34. The molecule has 0 atom stereocenters. The maximum atomic E-state index is 12.4. The predicted molar refractivity (Wildman–Crippen MR) is 122 cm³/mol. The Morgan fingerprint density at radius 2 is 1.84 bits per heavy atom. The van der Waals surface area contributed by atoms with Crippen LogP contribution in [-0.2, 0) is 9.59 Å². The Morgan fingerprint density at radius 1 is 1.10 bits per heavy atom. The molecule has 1 aliphatic carbocycles. The second kappa shape index (κ2) is 10.8. The van der Waals surface area contributed by atoms with Gasteiger partial charge >= 0.3 is 0 Å². The van der Waals surface area contributed by atoms with E-state index in [4.69, 9.17) is 4.74 Å². The molecule has 1 aliphatic heterocycles. The van der Waals surface area contributed by atoms with Crippen molar-refractivity contribution >= 4 is 40.0 Å². The van der Waals surface area contributed by atoms with E-state index in [-0.39, 0.29) is 18.4 Å². The number of rotatable bonds is 8. The van der Waals surface area contributed by atoms with Gasteiger partial charge in [-0.1, -0.05) is 54.1 Å². The second-order valence-electron chi connectivity index (χ2n) is 7.66. The van der Waals surface area contributed by atoms with Crippen LogP contribution in [0.15, 0.2) is 34.7 Å². The van der Waals surface area contributed by atoms with Gasteiger partial charge < -0.3 is 19.9 Å². The number of amides is 2. The molecule has 4 rings (SSSR count). The number of nitrogens with one attached hydrogen (secondary N) is 1. The zero-order valence-corrected chi connectivity index (χ0v) is 19.0. The number of hydrogen-bond acceptors (Lipinski definition) is 8. The van der Waals surface area contributed by atoms with Crippen molar-refractivity contribution in [3.8, 4) is 5.75 Å². The quantitative estimate of drug-likeness (QED) is 0.604. The highest BCUT2D eigenvalue weighted by Gasteiger charge is 2.24. The van der Waals surface area contributed by atoms with Gasteiger partial charge in [0, 0.05) is 32.2 Å². The molecule has 8 nitrogen and oxygen atoms in total. The number of carbonyl (C=O) groups excluding carboxylic acids is 2. The predicted octanol–water partition coefficient (Wildman–Crippen LogP) is 2.42. The lowest BCUT2D eigenvalue weighted by molar-refractivity contribution is -0.133. The summed E-state index contributed by atoms with van der Waals surface area (Å²) in [5, 5.41) is 12.4. The van der Waals surface area contributed by atoms with E-state index in [2.05, 4.69) is 20.4 Å². The van der Waals surface area contributed by atoms with E-state index in [0.29, 0.717) is 43.7 Å². The lowest BCUT2D eigenvalue weighted by Crippen LogP contribution is -2.50. The van der Waals surface area contributed by atoms with Crippen LogP contribution < -0.4 is 15.0 Å². The highest BCUT2D eigenvalue weighted by Crippen LogP contribution is 2.28. The van der Waals surface area contributed by atoms with Crippen LogP contribution in [0.25, 0.3) is 0 Å². The summed E-state index contributed by atoms with van der Waals surface area (Å²) >= 11 is 2.93. The number of benzene rings is 1. The van der Waals surface area contributed by atoms with Gasteiger partial charge in [-0.15, -0.1) is 10.2 Å². The number of piperazine rings is 1. The maximum Gasteiger partial charge on any atom is 0.260 e. The van der Waals surface area contributed by atoms with Crippen molar-refractivity contribution in [3.63, 3.8) is 0 Å². The molecule has 166 valence electrons. The maximum absolute atomic E-state index is 12.4. The summed E-state index contributed by atoms with van der Waals surface area (Å²) in [5.74, 6) is 1.13. The molecule has 0 spiro atoms. The summed E-state index contributed by atoms with van der Waals surface area (Å²) in [7, 11) is 0. The van der Waals surface area contributed by atoms with Gasteiger partial charge in [-0.2, -0.15) is 0 Å². The number of nitrogens with zero attached hydrogens (tertiary/aromatic N) is 4. The molecule has 1 aromatic heterocycles. The minimum Gasteiger partial charge on any atom is -0.484 e. The molecule has 0 unspecified atom stereocenters. The Kier molecular flexibility index (Phi) is 7.63. The van der Waals surface area contributed by atoms with Crippen LogP contribution in [0.1, 0.15) is 25.7 Å². The van der Waals surface area contributed by atoms with Crippen LogP contribution in [0.2, 0.25) is 0 Å². The fraction of sp³-hybridized carbons (Fsp3) is 0.524. The zero-order chi connectivity index (χ0) is 21.5. The molecule has 31 heavy (non-hydrogen) atoms. The van der Waals surface area contributed by atoms with Crippen LogP contribution in [0.3, 0.4) is 0 Å². The molecule has 1 N–H and O–H groups in total. The standard InChI is InChI=1S/C21H27N5O3S2/c27-18(22-16-6-4-5-7-16)15-30-21-24-23-20(31-21)26-12-10-25(11-13-26)19(28)14-29-17-8-2-1-3-9-17/h1-3,8-9,16H,4-7,10-15H2,(H,22,27). The van der Waals surface area contributed by atoms with Crippen LogP contribution in [-0.4, -0.2) is 71.5 Å². The smallest absolute Gasteiger partial charge is 0.260 e. The Bertz CT molecular complexity index is 865. The topological polar surface area (TPSA) is 87.7 Å². The van der Waals surface area contributed by atoms with Crippen molar-refractivity contribution < 1.29 is 14.3 Å². The fourth-order valence-electron chi connectivity index (χ4n) is 3.76. The van der Waals surface area contributed by atoms with E-state index in [1.165, 1.54) is 35.9 Å². The molecule has 2 fully saturated rings. The highest BCUT2D eigenvalue weighted by molar-refractivity contribution is 8.01. The van der Waals surface area contributed by atoms with Crippen molar-refractivity contribution in [2.45, 2.75) is 36.1 Å². The summed E-state index contributed by atoms with van der Waals surface area (Å²) < 4.78 is 6.36. The van der Waals surface area contributed by atoms with Gasteiger partial charge in [0.1, 0.15) is 5.75 Å². The van der Waals surface area contributed by atoms with Crippen LogP contribution in [0.5, 0.6) is 5.75 Å². The molecule has 2 amide bonds. The van der Waals surface area contributed by atoms with Gasteiger partial charge in [0.15, 0.2) is 10.9 Å². The Balaban J connectivity index is 1.18. The molecule has 2 aromatic rings. The van der Waals surface area contributed by atoms with Crippen molar-refractivity contribution in [2.75, 3.05) is 43.4 Å². The first-order chi connectivity index (χ1) is 15.2. The van der Waals surface area contributed by atoms with E-state index >= 15 is 0 Å². The summed E-state index contributed by atoms with van der Waals surface area (Å²) in [4.78, 5) is 28.5. The minimum atomic E-state index is -0.00899. The van der Waals surface area contributed by atoms with E-state index < -0.39 is 0 Å². The molecule has 1 saturated carbocycles. The average molecular weight is 462 g/mol. The van der Waals surface area contributed by atoms with Crippen LogP contribution in [0, 0.1) is 0 Å². The SMILES string of the molecule is O=C(CSc1nnc(N2CCN(C(=O)COc3ccccc3)CC2)s1)NC1CCCC1. The Morgan fingerprint density at radius 3 is 2.58 bits per heavy atom. The van der Waals surface area contributed by atoms with Crippen LogP contribution >= 0.6 is 23.1 Å². The largest absolute Gasteiger partial charge is 0.484 e. The van der Waals surface area contributed by atoms with Gasteiger partial charge in [-0.05, 0) is 25.0 Å². The van der Waals surface area contributed by atoms with E-state index in [0.717, 1.165) is 22.3 Å². The van der Waals surface area contributed by atoms with Gasteiger partial charge in [0.25, 0.3) is 5.91 Å². The molecule has 2 aliphatic rings. The van der Waals surface area contributed by atoms with Crippen LogP contribution in [0.4, 0.5) is 5.13 Å². The van der Waals surface area contributed by atoms with Crippen molar-refractivity contribution in [2.24, 2.45) is 0 Å².